The molecular weight excluding hydrogens is 443 g/mol. The van der Waals surface area contributed by atoms with Gasteiger partial charge in [0.25, 0.3) is 0 Å². The van der Waals surface area contributed by atoms with Gasteiger partial charge in [0.05, 0.1) is 12.0 Å². The lowest BCUT2D eigenvalue weighted by atomic mass is 10.3. The molecule has 2 rings (SSSR count). The van der Waals surface area contributed by atoms with E-state index in [0.717, 1.165) is 13.1 Å². The van der Waals surface area contributed by atoms with Gasteiger partial charge in [-0.25, -0.2) is 13.2 Å². The van der Waals surface area contributed by atoms with Gasteiger partial charge in [-0.3, -0.25) is 4.79 Å². The smallest absolute Gasteiger partial charge is 0.490 e. The van der Waals surface area contributed by atoms with Crippen LogP contribution in [0.5, 0.6) is 5.75 Å². The Bertz CT molecular complexity index is 825. The number of nitrogens with zero attached hydrogens (tertiary/aromatic N) is 2. The molecule has 0 saturated carbocycles. The number of hydrogen-bond acceptors (Lipinski definition) is 6. The van der Waals surface area contributed by atoms with Crippen molar-refractivity contribution < 1.29 is 41.0 Å². The van der Waals surface area contributed by atoms with Gasteiger partial charge >= 0.3 is 12.1 Å². The Morgan fingerprint density at radius 2 is 1.71 bits per heavy atom. The summed E-state index contributed by atoms with van der Waals surface area (Å²) in [5.74, 6) is -2.15. The Labute approximate surface area is 178 Å². The molecule has 2 N–H and O–H groups in total. The number of piperazine rings is 1. The number of amides is 1. The van der Waals surface area contributed by atoms with Crippen molar-refractivity contribution in [2.45, 2.75) is 24.4 Å². The zero-order valence-electron chi connectivity index (χ0n) is 17.2. The van der Waals surface area contributed by atoms with E-state index in [2.05, 4.69) is 5.32 Å². The molecule has 1 fully saturated rings. The van der Waals surface area contributed by atoms with Crippen LogP contribution in [0, 0.1) is 0 Å². The van der Waals surface area contributed by atoms with E-state index in [-0.39, 0.29) is 23.8 Å². The molecule has 1 aromatic carbocycles. The quantitative estimate of drug-likeness (QED) is 0.616. The van der Waals surface area contributed by atoms with E-state index >= 15 is 0 Å². The predicted octanol–water partition coefficient (Wildman–Crippen LogP) is 1.16. The normalized spacial score (nSPS) is 14.6. The molecular formula is C18H26F3N3O6S. The van der Waals surface area contributed by atoms with Gasteiger partial charge in [0, 0.05) is 45.7 Å². The van der Waals surface area contributed by atoms with Crippen LogP contribution >= 0.6 is 0 Å². The number of halogens is 3. The Kier molecular flexibility index (Phi) is 10.2. The molecule has 0 radical (unpaired) electrons. The van der Waals surface area contributed by atoms with Crippen molar-refractivity contribution >= 4 is 21.9 Å². The van der Waals surface area contributed by atoms with Gasteiger partial charge in [-0.05, 0) is 24.3 Å². The maximum Gasteiger partial charge on any atom is 0.490 e. The summed E-state index contributed by atoms with van der Waals surface area (Å²) in [6, 6.07) is 6.28. The minimum atomic E-state index is -5.08. The molecule has 1 heterocycles. The lowest BCUT2D eigenvalue weighted by Crippen LogP contribution is -2.47. The summed E-state index contributed by atoms with van der Waals surface area (Å²) in [7, 11) is -2.08. The highest BCUT2D eigenvalue weighted by atomic mass is 32.2. The number of hydrogen-bond donors (Lipinski definition) is 2. The van der Waals surface area contributed by atoms with Crippen molar-refractivity contribution in [1.82, 2.24) is 14.5 Å². The van der Waals surface area contributed by atoms with Gasteiger partial charge in [-0.2, -0.15) is 17.5 Å². The van der Waals surface area contributed by atoms with Crippen LogP contribution in [-0.2, 0) is 19.6 Å². The van der Waals surface area contributed by atoms with Crippen LogP contribution in [0.25, 0.3) is 0 Å². The topological polar surface area (TPSA) is 116 Å². The molecule has 176 valence electrons. The van der Waals surface area contributed by atoms with Crippen molar-refractivity contribution in [3.05, 3.63) is 24.3 Å². The van der Waals surface area contributed by atoms with Crippen LogP contribution in [0.15, 0.2) is 29.2 Å². The highest BCUT2D eigenvalue weighted by molar-refractivity contribution is 7.89. The van der Waals surface area contributed by atoms with Crippen LogP contribution in [0.4, 0.5) is 13.2 Å². The average molecular weight is 469 g/mol. The standard InChI is InChI=1S/C16H25N3O4S.C2HF3O2/c1-3-19(11-8-16(20)18-12-9-17-10-13-18)24(21,22)15-6-4-14(23-2)5-7-15;3-2(4,5)1(6)7/h4-7,17H,3,8-13H2,1-2H3;(H,6,7). The second-order valence-electron chi connectivity index (χ2n) is 6.36. The number of aliphatic carboxylic acids is 1. The van der Waals surface area contributed by atoms with Crippen LogP contribution in [-0.4, -0.2) is 87.2 Å². The zero-order chi connectivity index (χ0) is 23.7. The van der Waals surface area contributed by atoms with E-state index < -0.39 is 22.2 Å². The number of carbonyl (C=O) groups is 2. The van der Waals surface area contributed by atoms with Gasteiger partial charge in [0.1, 0.15) is 5.75 Å². The molecule has 1 aliphatic heterocycles. The van der Waals surface area contributed by atoms with Gasteiger partial charge in [-0.1, -0.05) is 6.92 Å². The van der Waals surface area contributed by atoms with Crippen molar-refractivity contribution in [2.24, 2.45) is 0 Å². The summed E-state index contributed by atoms with van der Waals surface area (Å²) in [5.41, 5.74) is 0. The number of carbonyl (C=O) groups excluding carboxylic acids is 1. The molecule has 1 aromatic rings. The number of nitrogens with one attached hydrogen (secondary N) is 1. The molecule has 0 unspecified atom stereocenters. The number of carboxylic acids is 1. The summed E-state index contributed by atoms with van der Waals surface area (Å²) in [6.07, 6.45) is -4.89. The molecule has 0 spiro atoms. The summed E-state index contributed by atoms with van der Waals surface area (Å²) in [6.45, 7) is 5.21. The molecule has 0 bridgehead atoms. The maximum atomic E-state index is 12.7. The van der Waals surface area contributed by atoms with E-state index in [1.807, 2.05) is 0 Å². The Morgan fingerprint density at radius 3 is 2.13 bits per heavy atom. The first-order chi connectivity index (χ1) is 14.4. The van der Waals surface area contributed by atoms with E-state index in [1.165, 1.54) is 23.5 Å². The summed E-state index contributed by atoms with van der Waals surface area (Å²) in [5, 5.41) is 10.3. The highest BCUT2D eigenvalue weighted by Crippen LogP contribution is 2.19. The van der Waals surface area contributed by atoms with Gasteiger partial charge in [0.15, 0.2) is 0 Å². The maximum absolute atomic E-state index is 12.7. The first-order valence-electron chi connectivity index (χ1n) is 9.36. The molecule has 0 aliphatic carbocycles. The van der Waals surface area contributed by atoms with Crippen LogP contribution in [0.3, 0.4) is 0 Å². The molecule has 0 atom stereocenters. The van der Waals surface area contributed by atoms with Crippen LogP contribution in [0.1, 0.15) is 13.3 Å². The van der Waals surface area contributed by atoms with Crippen molar-refractivity contribution in [3.8, 4) is 5.75 Å². The number of alkyl halides is 3. The second-order valence-corrected chi connectivity index (χ2v) is 8.29. The van der Waals surface area contributed by atoms with Crippen molar-refractivity contribution in [1.29, 1.82) is 0 Å². The summed E-state index contributed by atoms with van der Waals surface area (Å²) < 4.78 is 63.5. The van der Waals surface area contributed by atoms with E-state index in [4.69, 9.17) is 14.6 Å². The molecule has 1 aliphatic rings. The van der Waals surface area contributed by atoms with E-state index in [0.29, 0.717) is 25.4 Å². The van der Waals surface area contributed by atoms with Crippen molar-refractivity contribution in [3.63, 3.8) is 0 Å². The molecule has 9 nitrogen and oxygen atoms in total. The summed E-state index contributed by atoms with van der Waals surface area (Å²) in [4.78, 5) is 23.1. The lowest BCUT2D eigenvalue weighted by molar-refractivity contribution is -0.192. The number of benzene rings is 1. The Balaban J connectivity index is 0.000000592. The monoisotopic (exact) mass is 469 g/mol. The minimum Gasteiger partial charge on any atom is -0.497 e. The van der Waals surface area contributed by atoms with Crippen LogP contribution in [0.2, 0.25) is 0 Å². The largest absolute Gasteiger partial charge is 0.497 e. The fraction of sp³-hybridized carbons (Fsp3) is 0.556. The SMILES string of the molecule is CCN(CCC(=O)N1CCNCC1)S(=O)(=O)c1ccc(OC)cc1.O=C(O)C(F)(F)F. The number of carboxylic acid groups (broad SMARTS) is 1. The third-order valence-electron chi connectivity index (χ3n) is 4.34. The Morgan fingerprint density at radius 1 is 1.19 bits per heavy atom. The molecule has 1 saturated heterocycles. The van der Waals surface area contributed by atoms with Crippen molar-refractivity contribution in [2.75, 3.05) is 46.4 Å². The van der Waals surface area contributed by atoms with Gasteiger partial charge < -0.3 is 20.1 Å². The number of ether oxygens (including phenoxy) is 1. The lowest BCUT2D eigenvalue weighted by Gasteiger charge is -2.28. The fourth-order valence-electron chi connectivity index (χ4n) is 2.64. The number of methoxy groups -OCH3 is 1. The third-order valence-corrected chi connectivity index (χ3v) is 6.33. The molecule has 31 heavy (non-hydrogen) atoms. The van der Waals surface area contributed by atoms with E-state index in [9.17, 15) is 26.4 Å². The zero-order valence-corrected chi connectivity index (χ0v) is 18.0. The fourth-order valence-corrected chi connectivity index (χ4v) is 4.09. The molecule has 0 aromatic heterocycles. The summed E-state index contributed by atoms with van der Waals surface area (Å²) >= 11 is 0. The molecule has 1 amide bonds. The first kappa shape index (κ1) is 26.7. The predicted molar refractivity (Wildman–Crippen MR) is 105 cm³/mol. The van der Waals surface area contributed by atoms with E-state index in [1.54, 1.807) is 24.0 Å². The van der Waals surface area contributed by atoms with Gasteiger partial charge in [-0.15, -0.1) is 0 Å². The minimum absolute atomic E-state index is 0.000110. The second kappa shape index (κ2) is 11.9. The molecule has 13 heteroatoms. The van der Waals surface area contributed by atoms with Crippen LogP contribution < -0.4 is 10.1 Å². The number of rotatable bonds is 7. The number of sulfonamides is 1. The first-order valence-corrected chi connectivity index (χ1v) is 10.8. The van der Waals surface area contributed by atoms with Gasteiger partial charge in [0.2, 0.25) is 15.9 Å². The average Bonchev–Trinajstić information content (AvgIpc) is 2.74. The highest BCUT2D eigenvalue weighted by Gasteiger charge is 2.38. The third kappa shape index (κ3) is 8.34. The Hall–Kier alpha value is -2.38.